The number of carbonyl (C=O) groups excluding carboxylic acids is 2. The molecule has 0 fully saturated rings. The third kappa shape index (κ3) is 4.07. The number of anilines is 1. The summed E-state index contributed by atoms with van der Waals surface area (Å²) in [5, 5.41) is 13.6. The fraction of sp³-hybridized carbons (Fsp3) is 0.125. The van der Waals surface area contributed by atoms with Gasteiger partial charge in [0.1, 0.15) is 5.75 Å². The standard InChI is InChI=1S/C16H15N3O5/c1-10-13(6-3-7-14(10)19(22)23)18-16(21)11-4-2-5-12(8-11)24-9-15(17)20/h2-8H,9H2,1H3,(H2,17,20)(H,18,21). The van der Waals surface area contributed by atoms with E-state index in [-0.39, 0.29) is 17.9 Å². The highest BCUT2D eigenvalue weighted by atomic mass is 16.6. The normalized spacial score (nSPS) is 10.0. The number of ether oxygens (including phenoxy) is 1. The Labute approximate surface area is 137 Å². The second-order valence-corrected chi connectivity index (χ2v) is 4.94. The van der Waals surface area contributed by atoms with Gasteiger partial charge in [-0.2, -0.15) is 0 Å². The van der Waals surface area contributed by atoms with Gasteiger partial charge in [0, 0.05) is 11.6 Å². The largest absolute Gasteiger partial charge is 0.484 e. The number of hydrogen-bond donors (Lipinski definition) is 2. The van der Waals surface area contributed by atoms with Crippen molar-refractivity contribution in [3.8, 4) is 5.75 Å². The van der Waals surface area contributed by atoms with Crippen LogP contribution >= 0.6 is 0 Å². The van der Waals surface area contributed by atoms with Crippen molar-refractivity contribution in [2.24, 2.45) is 5.73 Å². The van der Waals surface area contributed by atoms with Crippen LogP contribution in [-0.4, -0.2) is 23.3 Å². The molecule has 0 bridgehead atoms. The van der Waals surface area contributed by atoms with Gasteiger partial charge >= 0.3 is 0 Å². The van der Waals surface area contributed by atoms with Crippen LogP contribution in [0, 0.1) is 17.0 Å². The number of amides is 2. The molecule has 0 spiro atoms. The van der Waals surface area contributed by atoms with Crippen molar-refractivity contribution in [1.29, 1.82) is 0 Å². The fourth-order valence-electron chi connectivity index (χ4n) is 2.03. The van der Waals surface area contributed by atoms with Crippen molar-refractivity contribution in [3.63, 3.8) is 0 Å². The van der Waals surface area contributed by atoms with E-state index >= 15 is 0 Å². The lowest BCUT2D eigenvalue weighted by Crippen LogP contribution is -2.20. The molecule has 0 aromatic heterocycles. The van der Waals surface area contributed by atoms with Gasteiger partial charge in [0.15, 0.2) is 6.61 Å². The molecule has 0 saturated heterocycles. The maximum atomic E-state index is 12.3. The van der Waals surface area contributed by atoms with E-state index in [0.717, 1.165) is 0 Å². The highest BCUT2D eigenvalue weighted by Crippen LogP contribution is 2.25. The molecule has 0 radical (unpaired) electrons. The second kappa shape index (κ2) is 7.23. The molecule has 0 atom stereocenters. The molecule has 2 rings (SSSR count). The molecule has 0 aliphatic heterocycles. The minimum Gasteiger partial charge on any atom is -0.484 e. The van der Waals surface area contributed by atoms with Gasteiger partial charge in [-0.25, -0.2) is 0 Å². The Morgan fingerprint density at radius 1 is 1.25 bits per heavy atom. The lowest BCUT2D eigenvalue weighted by Gasteiger charge is -2.10. The summed E-state index contributed by atoms with van der Waals surface area (Å²) in [7, 11) is 0. The van der Waals surface area contributed by atoms with Crippen molar-refractivity contribution in [2.45, 2.75) is 6.92 Å². The molecule has 2 aromatic carbocycles. The smallest absolute Gasteiger partial charge is 0.274 e. The van der Waals surface area contributed by atoms with Gasteiger partial charge in [0.2, 0.25) is 0 Å². The number of nitro groups is 1. The maximum absolute atomic E-state index is 12.3. The average molecular weight is 329 g/mol. The number of primary amides is 1. The Balaban J connectivity index is 2.18. The van der Waals surface area contributed by atoms with Crippen LogP contribution in [0.4, 0.5) is 11.4 Å². The van der Waals surface area contributed by atoms with E-state index in [9.17, 15) is 19.7 Å². The predicted molar refractivity (Wildman–Crippen MR) is 86.9 cm³/mol. The summed E-state index contributed by atoms with van der Waals surface area (Å²) < 4.78 is 5.14. The molecular formula is C16H15N3O5. The monoisotopic (exact) mass is 329 g/mol. The van der Waals surface area contributed by atoms with Crippen LogP contribution in [0.5, 0.6) is 5.75 Å². The molecular weight excluding hydrogens is 314 g/mol. The third-order valence-electron chi connectivity index (χ3n) is 3.23. The SMILES string of the molecule is Cc1c(NC(=O)c2cccc(OCC(N)=O)c2)cccc1[N+](=O)[O-]. The molecule has 0 saturated carbocycles. The molecule has 3 N–H and O–H groups in total. The number of carbonyl (C=O) groups is 2. The van der Waals surface area contributed by atoms with Crippen LogP contribution in [0.25, 0.3) is 0 Å². The number of nitrogens with zero attached hydrogens (tertiary/aromatic N) is 1. The van der Waals surface area contributed by atoms with Crippen LogP contribution in [0.15, 0.2) is 42.5 Å². The number of hydrogen-bond acceptors (Lipinski definition) is 5. The van der Waals surface area contributed by atoms with Gasteiger partial charge in [-0.15, -0.1) is 0 Å². The molecule has 2 aromatic rings. The number of nitrogens with two attached hydrogens (primary N) is 1. The quantitative estimate of drug-likeness (QED) is 0.619. The van der Waals surface area contributed by atoms with Gasteiger partial charge in [0.25, 0.3) is 17.5 Å². The minimum atomic E-state index is -0.628. The van der Waals surface area contributed by atoms with Crippen LogP contribution in [0.1, 0.15) is 15.9 Å². The van der Waals surface area contributed by atoms with E-state index in [1.807, 2.05) is 0 Å². The Hall–Kier alpha value is -3.42. The molecule has 0 aliphatic rings. The molecule has 0 heterocycles. The first-order valence-corrected chi connectivity index (χ1v) is 6.95. The van der Waals surface area contributed by atoms with Gasteiger partial charge in [-0.1, -0.05) is 12.1 Å². The zero-order valence-corrected chi connectivity index (χ0v) is 12.8. The molecule has 8 heteroatoms. The predicted octanol–water partition coefficient (Wildman–Crippen LogP) is 2.02. The second-order valence-electron chi connectivity index (χ2n) is 4.94. The summed E-state index contributed by atoms with van der Waals surface area (Å²) in [6.07, 6.45) is 0. The number of rotatable bonds is 6. The van der Waals surface area contributed by atoms with E-state index in [1.165, 1.54) is 18.2 Å². The third-order valence-corrected chi connectivity index (χ3v) is 3.23. The summed E-state index contributed by atoms with van der Waals surface area (Å²) in [4.78, 5) is 33.5. The number of nitro benzene ring substituents is 1. The van der Waals surface area contributed by atoms with Crippen LogP contribution in [0.2, 0.25) is 0 Å². The molecule has 124 valence electrons. The van der Waals surface area contributed by atoms with E-state index in [0.29, 0.717) is 17.0 Å². The fourth-order valence-corrected chi connectivity index (χ4v) is 2.03. The lowest BCUT2D eigenvalue weighted by molar-refractivity contribution is -0.385. The van der Waals surface area contributed by atoms with E-state index in [2.05, 4.69) is 5.32 Å². The molecule has 0 aliphatic carbocycles. The molecule has 2 amide bonds. The van der Waals surface area contributed by atoms with Crippen molar-refractivity contribution in [3.05, 3.63) is 63.7 Å². The van der Waals surface area contributed by atoms with Gasteiger partial charge in [-0.05, 0) is 31.2 Å². The molecule has 0 unspecified atom stereocenters. The first kappa shape index (κ1) is 16.9. The number of nitrogens with one attached hydrogen (secondary N) is 1. The average Bonchev–Trinajstić information content (AvgIpc) is 2.54. The van der Waals surface area contributed by atoms with Gasteiger partial charge < -0.3 is 15.8 Å². The highest BCUT2D eigenvalue weighted by molar-refractivity contribution is 6.05. The Morgan fingerprint density at radius 2 is 1.96 bits per heavy atom. The van der Waals surface area contributed by atoms with E-state index in [4.69, 9.17) is 10.5 Å². The molecule has 24 heavy (non-hydrogen) atoms. The minimum absolute atomic E-state index is 0.0775. The maximum Gasteiger partial charge on any atom is 0.274 e. The summed E-state index contributed by atoms with van der Waals surface area (Å²) in [6.45, 7) is 1.26. The van der Waals surface area contributed by atoms with Crippen molar-refractivity contribution < 1.29 is 19.2 Å². The topological polar surface area (TPSA) is 125 Å². The van der Waals surface area contributed by atoms with E-state index in [1.54, 1.807) is 31.2 Å². The van der Waals surface area contributed by atoms with Gasteiger partial charge in [0.05, 0.1) is 16.2 Å². The molecule has 8 nitrogen and oxygen atoms in total. The van der Waals surface area contributed by atoms with E-state index < -0.39 is 16.7 Å². The summed E-state index contributed by atoms with van der Waals surface area (Å²) >= 11 is 0. The van der Waals surface area contributed by atoms with Gasteiger partial charge in [-0.3, -0.25) is 19.7 Å². The first-order chi connectivity index (χ1) is 11.4. The van der Waals surface area contributed by atoms with Crippen LogP contribution < -0.4 is 15.8 Å². The first-order valence-electron chi connectivity index (χ1n) is 6.95. The lowest BCUT2D eigenvalue weighted by atomic mass is 10.1. The highest BCUT2D eigenvalue weighted by Gasteiger charge is 2.15. The summed E-state index contributed by atoms with van der Waals surface area (Å²) in [6, 6.07) is 10.6. The van der Waals surface area contributed by atoms with Crippen molar-refractivity contribution >= 4 is 23.2 Å². The zero-order valence-electron chi connectivity index (χ0n) is 12.8. The van der Waals surface area contributed by atoms with Crippen LogP contribution in [-0.2, 0) is 4.79 Å². The Morgan fingerprint density at radius 3 is 2.62 bits per heavy atom. The van der Waals surface area contributed by atoms with Crippen LogP contribution in [0.3, 0.4) is 0 Å². The number of benzene rings is 2. The summed E-state index contributed by atoms with van der Waals surface area (Å²) in [5.74, 6) is -0.766. The Kier molecular flexibility index (Phi) is 5.10. The van der Waals surface area contributed by atoms with Crippen molar-refractivity contribution in [1.82, 2.24) is 0 Å². The summed E-state index contributed by atoms with van der Waals surface area (Å²) in [5.41, 5.74) is 5.90. The van der Waals surface area contributed by atoms with Crippen molar-refractivity contribution in [2.75, 3.05) is 11.9 Å². The zero-order chi connectivity index (χ0) is 17.7. The Bertz CT molecular complexity index is 804.